The summed E-state index contributed by atoms with van der Waals surface area (Å²) < 4.78 is 16.7. The topological polar surface area (TPSA) is 123 Å². The molecule has 2 aromatic rings. The van der Waals surface area contributed by atoms with E-state index in [0.717, 1.165) is 36.7 Å². The summed E-state index contributed by atoms with van der Waals surface area (Å²) in [5.41, 5.74) is 1.35. The highest BCUT2D eigenvalue weighted by Crippen LogP contribution is 2.28. The Morgan fingerprint density at radius 1 is 0.829 bits per heavy atom. The van der Waals surface area contributed by atoms with Gasteiger partial charge >= 0.3 is 12.1 Å². The molecule has 222 valence electrons. The van der Waals surface area contributed by atoms with Crippen LogP contribution in [-0.4, -0.2) is 65.6 Å². The number of nitrogens with zero attached hydrogens (tertiary/aromatic N) is 1. The quantitative estimate of drug-likeness (QED) is 0.210. The van der Waals surface area contributed by atoms with Crippen LogP contribution in [0.3, 0.4) is 0 Å². The highest BCUT2D eigenvalue weighted by molar-refractivity contribution is 6.00. The van der Waals surface area contributed by atoms with Crippen molar-refractivity contribution in [2.75, 3.05) is 26.3 Å². The molecule has 1 heterocycles. The predicted molar refractivity (Wildman–Crippen MR) is 153 cm³/mol. The number of hydrogen-bond donors (Lipinski definition) is 2. The van der Waals surface area contributed by atoms with Gasteiger partial charge in [-0.2, -0.15) is 0 Å². The lowest BCUT2D eigenvalue weighted by atomic mass is 9.86. The van der Waals surface area contributed by atoms with Crippen LogP contribution in [0.5, 0.6) is 11.5 Å². The number of rotatable bonds is 13. The molecule has 9 nitrogen and oxygen atoms in total. The SMILES string of the molecule is O=C(O)OC1CCN(C(=O)c2cc(C(=O)O)ccc2OCCCc2ccc(OCCCC3CCCCC3)cc2)CC1. The average Bonchev–Trinajstić information content (AvgIpc) is 2.98. The van der Waals surface area contributed by atoms with E-state index in [1.54, 1.807) is 4.90 Å². The van der Waals surface area contributed by atoms with E-state index in [-0.39, 0.29) is 17.0 Å². The summed E-state index contributed by atoms with van der Waals surface area (Å²) in [4.78, 5) is 37.2. The molecule has 0 bridgehead atoms. The molecule has 2 fully saturated rings. The summed E-state index contributed by atoms with van der Waals surface area (Å²) in [6, 6.07) is 12.4. The van der Waals surface area contributed by atoms with E-state index < -0.39 is 18.2 Å². The summed E-state index contributed by atoms with van der Waals surface area (Å²) in [5.74, 6) is 0.621. The molecule has 1 aliphatic heterocycles. The maximum atomic E-state index is 13.3. The van der Waals surface area contributed by atoms with E-state index in [4.69, 9.17) is 19.3 Å². The van der Waals surface area contributed by atoms with Gasteiger partial charge in [0.15, 0.2) is 0 Å². The summed E-state index contributed by atoms with van der Waals surface area (Å²) in [7, 11) is 0. The number of aromatic carboxylic acids is 1. The van der Waals surface area contributed by atoms with E-state index in [0.29, 0.717) is 44.7 Å². The summed E-state index contributed by atoms with van der Waals surface area (Å²) in [6.07, 6.45) is 9.72. The van der Waals surface area contributed by atoms with Gasteiger partial charge in [-0.05, 0) is 67.5 Å². The maximum absolute atomic E-state index is 13.3. The summed E-state index contributed by atoms with van der Waals surface area (Å²) in [6.45, 7) is 1.74. The van der Waals surface area contributed by atoms with Crippen molar-refractivity contribution in [1.82, 2.24) is 4.90 Å². The van der Waals surface area contributed by atoms with E-state index in [1.165, 1.54) is 56.7 Å². The molecule has 41 heavy (non-hydrogen) atoms. The smallest absolute Gasteiger partial charge is 0.494 e. The first-order valence-electron chi connectivity index (χ1n) is 14.8. The zero-order valence-corrected chi connectivity index (χ0v) is 23.6. The molecule has 2 aromatic carbocycles. The highest BCUT2D eigenvalue weighted by atomic mass is 16.7. The molecule has 0 radical (unpaired) electrons. The van der Waals surface area contributed by atoms with Gasteiger partial charge in [0, 0.05) is 25.9 Å². The maximum Gasteiger partial charge on any atom is 0.506 e. The highest BCUT2D eigenvalue weighted by Gasteiger charge is 2.28. The third-order valence-electron chi connectivity index (χ3n) is 7.99. The Balaban J connectivity index is 1.23. The Morgan fingerprint density at radius 2 is 1.54 bits per heavy atom. The molecule has 0 spiro atoms. The first-order valence-corrected chi connectivity index (χ1v) is 14.8. The fourth-order valence-electron chi connectivity index (χ4n) is 5.69. The van der Waals surface area contributed by atoms with E-state index in [2.05, 4.69) is 12.1 Å². The standard InChI is InChI=1S/C32H41NO8/c34-30(33-18-16-27(17-19-33)41-32(37)38)28-22-25(31(35)36)12-15-29(28)40-21-5-9-24-10-13-26(14-11-24)39-20-4-8-23-6-2-1-3-7-23/h10-15,22-23,27H,1-9,16-21H2,(H,35,36)(H,37,38). The lowest BCUT2D eigenvalue weighted by Crippen LogP contribution is -2.41. The van der Waals surface area contributed by atoms with Crippen LogP contribution in [0.25, 0.3) is 0 Å². The molecule has 4 rings (SSSR count). The van der Waals surface area contributed by atoms with E-state index in [9.17, 15) is 19.5 Å². The van der Waals surface area contributed by atoms with Gasteiger partial charge < -0.3 is 29.3 Å². The fraction of sp³-hybridized carbons (Fsp3) is 0.531. The Kier molecular flexibility index (Phi) is 11.3. The van der Waals surface area contributed by atoms with E-state index >= 15 is 0 Å². The number of piperidine rings is 1. The van der Waals surface area contributed by atoms with Crippen LogP contribution in [-0.2, 0) is 11.2 Å². The average molecular weight is 568 g/mol. The zero-order chi connectivity index (χ0) is 29.0. The molecular weight excluding hydrogens is 526 g/mol. The van der Waals surface area contributed by atoms with E-state index in [1.807, 2.05) is 12.1 Å². The molecule has 1 saturated heterocycles. The van der Waals surface area contributed by atoms with Crippen LogP contribution in [0.2, 0.25) is 0 Å². The zero-order valence-electron chi connectivity index (χ0n) is 23.6. The van der Waals surface area contributed by atoms with Crippen molar-refractivity contribution in [3.63, 3.8) is 0 Å². The second-order valence-electron chi connectivity index (χ2n) is 11.0. The predicted octanol–water partition coefficient (Wildman–Crippen LogP) is 6.43. The van der Waals surface area contributed by atoms with Gasteiger partial charge in [-0.15, -0.1) is 0 Å². The minimum Gasteiger partial charge on any atom is -0.494 e. The van der Waals surface area contributed by atoms with Crippen LogP contribution in [0.15, 0.2) is 42.5 Å². The minimum absolute atomic E-state index is 0.00101. The number of carbonyl (C=O) groups is 3. The van der Waals surface area contributed by atoms with Gasteiger partial charge in [0.05, 0.1) is 24.3 Å². The largest absolute Gasteiger partial charge is 0.506 e. The van der Waals surface area contributed by atoms with Crippen molar-refractivity contribution in [2.45, 2.75) is 76.7 Å². The Bertz CT molecular complexity index is 1150. The molecule has 1 aliphatic carbocycles. The number of carboxylic acids is 1. The lowest BCUT2D eigenvalue weighted by molar-refractivity contribution is 0.0198. The first kappa shape index (κ1) is 30.2. The van der Waals surface area contributed by atoms with Gasteiger partial charge in [0.25, 0.3) is 5.91 Å². The van der Waals surface area contributed by atoms with Crippen LogP contribution in [0, 0.1) is 5.92 Å². The van der Waals surface area contributed by atoms with Crippen LogP contribution < -0.4 is 9.47 Å². The lowest BCUT2D eigenvalue weighted by Gasteiger charge is -2.31. The van der Waals surface area contributed by atoms with Crippen molar-refractivity contribution in [1.29, 1.82) is 0 Å². The second-order valence-corrected chi connectivity index (χ2v) is 11.0. The summed E-state index contributed by atoms with van der Waals surface area (Å²) >= 11 is 0. The van der Waals surface area contributed by atoms with Gasteiger partial charge in [0.1, 0.15) is 17.6 Å². The number of aryl methyl sites for hydroxylation is 1. The normalized spacial score (nSPS) is 16.2. The molecule has 2 N–H and O–H groups in total. The first-order chi connectivity index (χ1) is 19.9. The number of benzene rings is 2. The minimum atomic E-state index is -1.33. The molecule has 9 heteroatoms. The molecule has 0 atom stereocenters. The van der Waals surface area contributed by atoms with Crippen LogP contribution in [0.4, 0.5) is 4.79 Å². The molecule has 1 saturated carbocycles. The van der Waals surface area contributed by atoms with Gasteiger partial charge in [-0.3, -0.25) is 4.79 Å². The van der Waals surface area contributed by atoms with Crippen LogP contribution in [0.1, 0.15) is 90.5 Å². The van der Waals surface area contributed by atoms with Gasteiger partial charge in [-0.1, -0.05) is 44.2 Å². The molecule has 0 unspecified atom stereocenters. The Morgan fingerprint density at radius 3 is 2.22 bits per heavy atom. The van der Waals surface area contributed by atoms with Crippen molar-refractivity contribution in [3.05, 3.63) is 59.2 Å². The monoisotopic (exact) mass is 567 g/mol. The van der Waals surface area contributed by atoms with Crippen molar-refractivity contribution >= 4 is 18.0 Å². The van der Waals surface area contributed by atoms with Gasteiger partial charge in [0.2, 0.25) is 0 Å². The third-order valence-corrected chi connectivity index (χ3v) is 7.99. The number of hydrogen-bond acceptors (Lipinski definition) is 6. The molecule has 2 aliphatic rings. The molecule has 0 aromatic heterocycles. The summed E-state index contributed by atoms with van der Waals surface area (Å²) in [5, 5.41) is 18.3. The molecule has 1 amide bonds. The third kappa shape index (κ3) is 9.40. The van der Waals surface area contributed by atoms with Gasteiger partial charge in [-0.25, -0.2) is 9.59 Å². The van der Waals surface area contributed by atoms with Crippen molar-refractivity contribution < 1.29 is 38.8 Å². The van der Waals surface area contributed by atoms with Crippen molar-refractivity contribution in [2.24, 2.45) is 5.92 Å². The Hall–Kier alpha value is -3.75. The number of carboxylic acid groups (broad SMARTS) is 2. The number of likely N-dealkylation sites (tertiary alicyclic amines) is 1. The molecular formula is C32H41NO8. The fourth-order valence-corrected chi connectivity index (χ4v) is 5.69. The number of ether oxygens (including phenoxy) is 3. The second kappa shape index (κ2) is 15.3. The van der Waals surface area contributed by atoms with Crippen molar-refractivity contribution in [3.8, 4) is 11.5 Å². The number of carbonyl (C=O) groups excluding carboxylic acids is 1. The number of amides is 1. The van der Waals surface area contributed by atoms with Crippen LogP contribution >= 0.6 is 0 Å². The Labute approximate surface area is 241 Å².